The van der Waals surface area contributed by atoms with Crippen molar-refractivity contribution in [3.8, 4) is 17.4 Å². The number of aromatic nitrogens is 4. The van der Waals surface area contributed by atoms with Crippen molar-refractivity contribution in [3.05, 3.63) is 84.2 Å². The van der Waals surface area contributed by atoms with Gasteiger partial charge >= 0.3 is 12.2 Å². The van der Waals surface area contributed by atoms with E-state index in [0.717, 1.165) is 17.5 Å². The Morgan fingerprint density at radius 2 is 1.71 bits per heavy atom. The molecule has 2 aromatic heterocycles. The highest BCUT2D eigenvalue weighted by molar-refractivity contribution is 6.00. The van der Waals surface area contributed by atoms with E-state index >= 15 is 0 Å². The van der Waals surface area contributed by atoms with Crippen LogP contribution in [0.25, 0.3) is 5.82 Å². The number of anilines is 2. The second-order valence-electron chi connectivity index (χ2n) is 7.25. The summed E-state index contributed by atoms with van der Waals surface area (Å²) in [5, 5.41) is 4.71. The number of carbonyl (C=O) groups is 1. The second-order valence-corrected chi connectivity index (χ2v) is 7.25. The molecule has 8 nitrogen and oxygen atoms in total. The Morgan fingerprint density at radius 1 is 0.971 bits per heavy atom. The first-order valence-electron chi connectivity index (χ1n) is 10.1. The summed E-state index contributed by atoms with van der Waals surface area (Å²) in [4.78, 5) is 24.8. The van der Waals surface area contributed by atoms with Crippen LogP contribution in [0.5, 0.6) is 11.6 Å². The molecule has 0 aliphatic rings. The normalized spacial score (nSPS) is 11.2. The third-order valence-corrected chi connectivity index (χ3v) is 4.94. The molecule has 11 heteroatoms. The minimum Gasteiger partial charge on any atom is -0.439 e. The number of carbonyl (C=O) groups excluding carboxylic acids is 1. The van der Waals surface area contributed by atoms with Gasteiger partial charge in [-0.25, -0.2) is 19.7 Å². The third-order valence-electron chi connectivity index (χ3n) is 4.94. The molecule has 174 valence electrons. The third kappa shape index (κ3) is 5.14. The molecule has 0 bridgehead atoms. The first-order chi connectivity index (χ1) is 16.2. The van der Waals surface area contributed by atoms with Gasteiger partial charge in [0.05, 0.1) is 16.9 Å². The van der Waals surface area contributed by atoms with Crippen LogP contribution < -0.4 is 15.4 Å². The number of aryl methyl sites for hydroxylation is 1. The van der Waals surface area contributed by atoms with Gasteiger partial charge in [-0.3, -0.25) is 4.57 Å². The summed E-state index contributed by atoms with van der Waals surface area (Å²) < 4.78 is 46.8. The van der Waals surface area contributed by atoms with E-state index in [1.54, 1.807) is 36.7 Å². The number of hydrogen-bond donors (Lipinski definition) is 2. The van der Waals surface area contributed by atoms with Crippen LogP contribution in [0.2, 0.25) is 0 Å². The lowest BCUT2D eigenvalue weighted by Gasteiger charge is -2.14. The molecule has 0 radical (unpaired) electrons. The summed E-state index contributed by atoms with van der Waals surface area (Å²) >= 11 is 0. The number of halogens is 3. The zero-order valence-electron chi connectivity index (χ0n) is 18.1. The SMILES string of the molecule is Cc1ncn(-c2cc(Oc3ccc(NC(=O)Nc4ccccc4C(F)(F)F)cc3)ncn2)c1C. The lowest BCUT2D eigenvalue weighted by atomic mass is 10.1. The van der Waals surface area contributed by atoms with Gasteiger partial charge in [-0.1, -0.05) is 12.1 Å². The van der Waals surface area contributed by atoms with Crippen LogP contribution in [0.4, 0.5) is 29.3 Å². The minimum atomic E-state index is -4.58. The molecule has 0 spiro atoms. The van der Waals surface area contributed by atoms with E-state index < -0.39 is 17.8 Å². The first-order valence-corrected chi connectivity index (χ1v) is 10.1. The molecule has 34 heavy (non-hydrogen) atoms. The fourth-order valence-electron chi connectivity index (χ4n) is 3.10. The predicted octanol–water partition coefficient (Wildman–Crippen LogP) is 5.73. The fraction of sp³-hybridized carbons (Fsp3) is 0.130. The van der Waals surface area contributed by atoms with Gasteiger partial charge in [-0.05, 0) is 50.2 Å². The largest absolute Gasteiger partial charge is 0.439 e. The van der Waals surface area contributed by atoms with Crippen molar-refractivity contribution >= 4 is 17.4 Å². The maximum absolute atomic E-state index is 13.1. The van der Waals surface area contributed by atoms with E-state index in [1.807, 2.05) is 18.4 Å². The quantitative estimate of drug-likeness (QED) is 0.390. The molecule has 4 rings (SSSR count). The number of nitrogens with one attached hydrogen (secondary N) is 2. The molecule has 2 heterocycles. The van der Waals surface area contributed by atoms with E-state index in [-0.39, 0.29) is 5.69 Å². The van der Waals surface area contributed by atoms with Crippen LogP contribution in [0.1, 0.15) is 17.0 Å². The van der Waals surface area contributed by atoms with E-state index in [2.05, 4.69) is 25.6 Å². The number of rotatable bonds is 5. The van der Waals surface area contributed by atoms with Crippen LogP contribution in [-0.2, 0) is 6.18 Å². The average molecular weight is 468 g/mol. The van der Waals surface area contributed by atoms with E-state index in [4.69, 9.17) is 4.74 Å². The first kappa shape index (κ1) is 22.8. The molecule has 0 atom stereocenters. The van der Waals surface area contributed by atoms with Gasteiger partial charge in [-0.2, -0.15) is 13.2 Å². The number of nitrogens with zero attached hydrogens (tertiary/aromatic N) is 4. The second kappa shape index (κ2) is 9.22. The van der Waals surface area contributed by atoms with Gasteiger partial charge < -0.3 is 15.4 Å². The van der Waals surface area contributed by atoms with E-state index in [0.29, 0.717) is 23.1 Å². The van der Waals surface area contributed by atoms with Crippen LogP contribution in [-0.4, -0.2) is 25.6 Å². The Morgan fingerprint density at radius 3 is 2.38 bits per heavy atom. The van der Waals surface area contributed by atoms with Gasteiger partial charge in [0, 0.05) is 17.4 Å². The number of urea groups is 1. The van der Waals surface area contributed by atoms with Gasteiger partial charge in [0.2, 0.25) is 5.88 Å². The van der Waals surface area contributed by atoms with Crippen molar-refractivity contribution in [3.63, 3.8) is 0 Å². The van der Waals surface area contributed by atoms with Crippen LogP contribution in [0.3, 0.4) is 0 Å². The Hall–Kier alpha value is -4.41. The van der Waals surface area contributed by atoms with Crippen molar-refractivity contribution in [2.45, 2.75) is 20.0 Å². The summed E-state index contributed by atoms with van der Waals surface area (Å²) in [5.41, 5.74) is 0.919. The van der Waals surface area contributed by atoms with Crippen molar-refractivity contribution < 1.29 is 22.7 Å². The maximum atomic E-state index is 13.1. The summed E-state index contributed by atoms with van der Waals surface area (Å²) in [6.07, 6.45) is -1.55. The molecule has 0 aliphatic heterocycles. The number of para-hydroxylation sites is 1. The highest BCUT2D eigenvalue weighted by Crippen LogP contribution is 2.34. The molecule has 4 aromatic rings. The molecule has 0 saturated carbocycles. The van der Waals surface area contributed by atoms with Crippen LogP contribution >= 0.6 is 0 Å². The van der Waals surface area contributed by atoms with Crippen molar-refractivity contribution in [2.75, 3.05) is 10.6 Å². The molecule has 0 unspecified atom stereocenters. The van der Waals surface area contributed by atoms with Crippen molar-refractivity contribution in [1.82, 2.24) is 19.5 Å². The molecule has 2 aromatic carbocycles. The monoisotopic (exact) mass is 468 g/mol. The lowest BCUT2D eigenvalue weighted by Crippen LogP contribution is -2.21. The fourth-order valence-corrected chi connectivity index (χ4v) is 3.10. The topological polar surface area (TPSA) is 94.0 Å². The molecule has 2 N–H and O–H groups in total. The Kier molecular flexibility index (Phi) is 6.17. The molecule has 0 saturated heterocycles. The maximum Gasteiger partial charge on any atom is 0.418 e. The zero-order chi connectivity index (χ0) is 24.3. The van der Waals surface area contributed by atoms with Crippen molar-refractivity contribution in [2.24, 2.45) is 0 Å². The number of hydrogen-bond acceptors (Lipinski definition) is 5. The lowest BCUT2D eigenvalue weighted by molar-refractivity contribution is -0.136. The standard InChI is InChI=1S/C23H19F3N6O2/c1-14-15(2)32(13-29-14)20-11-21(28-12-27-20)34-17-9-7-16(8-10-17)30-22(33)31-19-6-4-3-5-18(19)23(24,25)26/h3-13H,1-2H3,(H2,30,31,33). The Bertz CT molecular complexity index is 1320. The Labute approximate surface area is 192 Å². The Balaban J connectivity index is 1.41. The summed E-state index contributed by atoms with van der Waals surface area (Å²) in [5.74, 6) is 1.34. The van der Waals surface area contributed by atoms with Gasteiger partial charge in [0.15, 0.2) is 0 Å². The zero-order valence-corrected chi connectivity index (χ0v) is 18.1. The molecular formula is C23H19F3N6O2. The molecular weight excluding hydrogens is 449 g/mol. The van der Waals surface area contributed by atoms with Crippen LogP contribution in [0, 0.1) is 13.8 Å². The highest BCUT2D eigenvalue weighted by Gasteiger charge is 2.33. The van der Waals surface area contributed by atoms with Crippen LogP contribution in [0.15, 0.2) is 67.3 Å². The highest BCUT2D eigenvalue weighted by atomic mass is 19.4. The van der Waals surface area contributed by atoms with Gasteiger partial charge in [0.25, 0.3) is 0 Å². The minimum absolute atomic E-state index is 0.304. The summed E-state index contributed by atoms with van der Waals surface area (Å²) in [6.45, 7) is 3.82. The van der Waals surface area contributed by atoms with Gasteiger partial charge in [-0.15, -0.1) is 0 Å². The molecule has 0 fully saturated rings. The number of ether oxygens (including phenoxy) is 1. The van der Waals surface area contributed by atoms with E-state index in [9.17, 15) is 18.0 Å². The van der Waals surface area contributed by atoms with E-state index in [1.165, 1.54) is 24.5 Å². The van der Waals surface area contributed by atoms with Gasteiger partial charge in [0.1, 0.15) is 24.2 Å². The smallest absolute Gasteiger partial charge is 0.418 e. The number of benzene rings is 2. The number of imidazole rings is 1. The average Bonchev–Trinajstić information content (AvgIpc) is 3.13. The summed E-state index contributed by atoms with van der Waals surface area (Å²) in [6, 6.07) is 11.9. The summed E-state index contributed by atoms with van der Waals surface area (Å²) in [7, 11) is 0. The van der Waals surface area contributed by atoms with Crippen molar-refractivity contribution in [1.29, 1.82) is 0 Å². The molecule has 2 amide bonds. The molecule has 0 aliphatic carbocycles. The predicted molar refractivity (Wildman–Crippen MR) is 119 cm³/mol. The number of amides is 2. The number of alkyl halides is 3.